The fraction of sp³-hybridized carbons (Fsp3) is 0.556. The first kappa shape index (κ1) is 18.1. The molecule has 0 N–H and O–H groups in total. The summed E-state index contributed by atoms with van der Waals surface area (Å²) >= 11 is 0. The van der Waals surface area contributed by atoms with Gasteiger partial charge in [0.1, 0.15) is 11.4 Å². The van der Waals surface area contributed by atoms with Crippen molar-refractivity contribution in [2.24, 2.45) is 0 Å². The summed E-state index contributed by atoms with van der Waals surface area (Å²) in [5.74, 6) is 0.707. The molecular formula is C18H27N3O3. The lowest BCUT2D eigenvalue weighted by atomic mass is 10.2. The predicted molar refractivity (Wildman–Crippen MR) is 94.3 cm³/mol. The number of allylic oxidation sites excluding steroid dienone is 1. The highest BCUT2D eigenvalue weighted by atomic mass is 16.6. The minimum absolute atomic E-state index is 0.243. The molecule has 0 saturated carbocycles. The minimum atomic E-state index is -0.467. The summed E-state index contributed by atoms with van der Waals surface area (Å²) < 4.78 is 10.9. The molecule has 6 heteroatoms. The molecule has 2 rings (SSSR count). The number of pyridine rings is 1. The van der Waals surface area contributed by atoms with Crippen molar-refractivity contribution >= 4 is 11.8 Å². The van der Waals surface area contributed by atoms with Crippen molar-refractivity contribution in [2.75, 3.05) is 31.1 Å². The van der Waals surface area contributed by atoms with Gasteiger partial charge in [-0.05, 0) is 34.1 Å². The second kappa shape index (κ2) is 8.04. The van der Waals surface area contributed by atoms with Crippen LogP contribution < -0.4 is 9.64 Å². The van der Waals surface area contributed by atoms with Crippen molar-refractivity contribution in [3.05, 3.63) is 30.8 Å². The van der Waals surface area contributed by atoms with E-state index in [0.717, 1.165) is 25.2 Å². The van der Waals surface area contributed by atoms with Crippen molar-refractivity contribution in [3.63, 3.8) is 0 Å². The van der Waals surface area contributed by atoms with E-state index in [9.17, 15) is 4.79 Å². The molecule has 132 valence electrons. The van der Waals surface area contributed by atoms with Crippen LogP contribution in [0.25, 0.3) is 0 Å². The normalized spacial score (nSPS) is 16.2. The third-order valence-electron chi connectivity index (χ3n) is 3.55. The van der Waals surface area contributed by atoms with Crippen LogP contribution in [0, 0.1) is 0 Å². The Morgan fingerprint density at radius 3 is 2.71 bits per heavy atom. The lowest BCUT2D eigenvalue weighted by Gasteiger charge is -2.26. The SMILES string of the molecule is C/C=C/Oc1cncc(N2CCCN(C(=O)OC(C)(C)C)CC2)c1. The van der Waals surface area contributed by atoms with E-state index in [1.807, 2.05) is 46.0 Å². The van der Waals surface area contributed by atoms with Gasteiger partial charge in [-0.3, -0.25) is 4.98 Å². The van der Waals surface area contributed by atoms with E-state index in [-0.39, 0.29) is 6.09 Å². The van der Waals surface area contributed by atoms with Gasteiger partial charge in [-0.25, -0.2) is 4.79 Å². The highest BCUT2D eigenvalue weighted by Crippen LogP contribution is 2.21. The largest absolute Gasteiger partial charge is 0.464 e. The number of anilines is 1. The van der Waals surface area contributed by atoms with Gasteiger partial charge in [0, 0.05) is 32.2 Å². The van der Waals surface area contributed by atoms with Gasteiger partial charge < -0.3 is 19.3 Å². The van der Waals surface area contributed by atoms with Crippen LogP contribution in [0.2, 0.25) is 0 Å². The zero-order valence-corrected chi connectivity index (χ0v) is 15.0. The van der Waals surface area contributed by atoms with Crippen LogP contribution in [0.1, 0.15) is 34.1 Å². The van der Waals surface area contributed by atoms with Gasteiger partial charge in [0.05, 0.1) is 24.3 Å². The smallest absolute Gasteiger partial charge is 0.410 e. The number of carbonyl (C=O) groups excluding carboxylic acids is 1. The van der Waals surface area contributed by atoms with Gasteiger partial charge >= 0.3 is 6.09 Å². The quantitative estimate of drug-likeness (QED) is 0.793. The molecule has 0 aliphatic carbocycles. The van der Waals surface area contributed by atoms with Crippen molar-refractivity contribution in [1.82, 2.24) is 9.88 Å². The molecule has 1 aliphatic rings. The van der Waals surface area contributed by atoms with E-state index in [4.69, 9.17) is 9.47 Å². The van der Waals surface area contributed by atoms with E-state index in [0.29, 0.717) is 18.8 Å². The van der Waals surface area contributed by atoms with Crippen LogP contribution >= 0.6 is 0 Å². The summed E-state index contributed by atoms with van der Waals surface area (Å²) in [7, 11) is 0. The Hall–Kier alpha value is -2.24. The van der Waals surface area contributed by atoms with Gasteiger partial charge in [-0.1, -0.05) is 6.08 Å². The first-order valence-corrected chi connectivity index (χ1v) is 8.35. The van der Waals surface area contributed by atoms with E-state index in [1.165, 1.54) is 0 Å². The Morgan fingerprint density at radius 2 is 2.00 bits per heavy atom. The molecule has 0 unspecified atom stereocenters. The van der Waals surface area contributed by atoms with Crippen molar-refractivity contribution in [2.45, 2.75) is 39.7 Å². The van der Waals surface area contributed by atoms with Crippen LogP contribution in [0.3, 0.4) is 0 Å². The molecule has 1 fully saturated rings. The lowest BCUT2D eigenvalue weighted by molar-refractivity contribution is 0.0263. The fourth-order valence-corrected chi connectivity index (χ4v) is 2.48. The van der Waals surface area contributed by atoms with E-state index < -0.39 is 5.60 Å². The molecule has 1 aromatic heterocycles. The number of hydrogen-bond acceptors (Lipinski definition) is 5. The summed E-state index contributed by atoms with van der Waals surface area (Å²) in [5.41, 5.74) is 0.536. The predicted octanol–water partition coefficient (Wildman–Crippen LogP) is 3.44. The second-order valence-corrected chi connectivity index (χ2v) is 6.77. The molecule has 6 nitrogen and oxygen atoms in total. The molecule has 1 aromatic rings. The summed E-state index contributed by atoms with van der Waals surface area (Å²) in [6.07, 6.45) is 7.62. The number of hydrogen-bond donors (Lipinski definition) is 0. The summed E-state index contributed by atoms with van der Waals surface area (Å²) in [6, 6.07) is 1.97. The number of carbonyl (C=O) groups is 1. The Bertz CT molecular complexity index is 581. The molecule has 1 amide bonds. The zero-order chi connectivity index (χ0) is 17.6. The van der Waals surface area contributed by atoms with Crippen LogP contribution in [0.4, 0.5) is 10.5 Å². The van der Waals surface area contributed by atoms with E-state index >= 15 is 0 Å². The van der Waals surface area contributed by atoms with E-state index in [1.54, 1.807) is 17.4 Å². The Balaban J connectivity index is 1.99. The summed E-state index contributed by atoms with van der Waals surface area (Å²) in [6.45, 7) is 10.5. The second-order valence-electron chi connectivity index (χ2n) is 6.77. The zero-order valence-electron chi connectivity index (χ0n) is 15.0. The maximum Gasteiger partial charge on any atom is 0.410 e. The molecule has 1 saturated heterocycles. The Morgan fingerprint density at radius 1 is 1.21 bits per heavy atom. The highest BCUT2D eigenvalue weighted by Gasteiger charge is 2.24. The molecule has 24 heavy (non-hydrogen) atoms. The van der Waals surface area contributed by atoms with Crippen molar-refractivity contribution < 1.29 is 14.3 Å². The van der Waals surface area contributed by atoms with E-state index in [2.05, 4.69) is 9.88 Å². The number of ether oxygens (including phenoxy) is 2. The fourth-order valence-electron chi connectivity index (χ4n) is 2.48. The third kappa shape index (κ3) is 5.44. The van der Waals surface area contributed by atoms with Crippen LogP contribution in [0.5, 0.6) is 5.75 Å². The standard InChI is InChI=1S/C18H27N3O3/c1-5-11-23-16-12-15(13-19-14-16)20-7-6-8-21(10-9-20)17(22)24-18(2,3)4/h5,11-14H,6-10H2,1-4H3/b11-5+. The topological polar surface area (TPSA) is 54.9 Å². The molecule has 2 heterocycles. The molecule has 0 atom stereocenters. The van der Waals surface area contributed by atoms with Crippen LogP contribution in [-0.2, 0) is 4.74 Å². The maximum atomic E-state index is 12.2. The van der Waals surface area contributed by atoms with Crippen molar-refractivity contribution in [3.8, 4) is 5.75 Å². The summed E-state index contributed by atoms with van der Waals surface area (Å²) in [4.78, 5) is 20.5. The molecular weight excluding hydrogens is 306 g/mol. The average molecular weight is 333 g/mol. The Labute approximate surface area is 144 Å². The monoisotopic (exact) mass is 333 g/mol. The molecule has 0 spiro atoms. The first-order valence-electron chi connectivity index (χ1n) is 8.35. The van der Waals surface area contributed by atoms with Crippen LogP contribution in [-0.4, -0.2) is 47.8 Å². The van der Waals surface area contributed by atoms with Gasteiger partial charge in [-0.2, -0.15) is 0 Å². The van der Waals surface area contributed by atoms with Crippen molar-refractivity contribution in [1.29, 1.82) is 0 Å². The highest BCUT2D eigenvalue weighted by molar-refractivity contribution is 5.68. The Kier molecular flexibility index (Phi) is 6.06. The van der Waals surface area contributed by atoms with Gasteiger partial charge in [0.2, 0.25) is 0 Å². The molecule has 1 aliphatic heterocycles. The number of amides is 1. The lowest BCUT2D eigenvalue weighted by Crippen LogP contribution is -2.39. The van der Waals surface area contributed by atoms with Crippen LogP contribution in [0.15, 0.2) is 30.8 Å². The molecule has 0 bridgehead atoms. The molecule has 0 radical (unpaired) electrons. The van der Waals surface area contributed by atoms with Gasteiger partial charge in [0.25, 0.3) is 0 Å². The number of aromatic nitrogens is 1. The minimum Gasteiger partial charge on any atom is -0.464 e. The van der Waals surface area contributed by atoms with Gasteiger partial charge in [-0.15, -0.1) is 0 Å². The van der Waals surface area contributed by atoms with Gasteiger partial charge in [0.15, 0.2) is 0 Å². The summed E-state index contributed by atoms with van der Waals surface area (Å²) in [5, 5.41) is 0. The average Bonchev–Trinajstić information content (AvgIpc) is 2.78. The third-order valence-corrected chi connectivity index (χ3v) is 3.55. The number of rotatable bonds is 3. The number of nitrogens with zero attached hydrogens (tertiary/aromatic N) is 3. The first-order chi connectivity index (χ1) is 11.4. The maximum absolute atomic E-state index is 12.2. The molecule has 0 aromatic carbocycles.